The number of sulfonamides is 1. The van der Waals surface area contributed by atoms with Crippen molar-refractivity contribution in [2.45, 2.75) is 43.5 Å². The van der Waals surface area contributed by atoms with Gasteiger partial charge in [0, 0.05) is 11.1 Å². The Morgan fingerprint density at radius 1 is 1.10 bits per heavy atom. The maximum absolute atomic E-state index is 13.4. The molecule has 0 unspecified atom stereocenters. The molecule has 0 saturated heterocycles. The Bertz CT molecular complexity index is 1020. The van der Waals surface area contributed by atoms with Gasteiger partial charge in [0.2, 0.25) is 5.91 Å². The Morgan fingerprint density at radius 3 is 2.39 bits per heavy atom. The molecule has 6 nitrogen and oxygen atoms in total. The Hall–Kier alpha value is -2.25. The van der Waals surface area contributed by atoms with Crippen molar-refractivity contribution in [2.75, 3.05) is 17.5 Å². The largest absolute Gasteiger partial charge is 0.494 e. The van der Waals surface area contributed by atoms with Gasteiger partial charge in [-0.1, -0.05) is 18.0 Å². The van der Waals surface area contributed by atoms with Gasteiger partial charge in [0.05, 0.1) is 17.2 Å². The van der Waals surface area contributed by atoms with Crippen molar-refractivity contribution >= 4 is 33.2 Å². The number of hydrogen-bond donors (Lipinski definition) is 1. The minimum atomic E-state index is -3.96. The summed E-state index contributed by atoms with van der Waals surface area (Å²) in [7, 11) is -3.96. The molecule has 2 aromatic rings. The summed E-state index contributed by atoms with van der Waals surface area (Å²) in [5.74, 6) is 1.56. The zero-order valence-electron chi connectivity index (χ0n) is 17.5. The molecule has 31 heavy (non-hydrogen) atoms. The van der Waals surface area contributed by atoms with Gasteiger partial charge in [-0.05, 0) is 86.6 Å². The van der Waals surface area contributed by atoms with E-state index in [1.165, 1.54) is 30.7 Å². The van der Waals surface area contributed by atoms with Gasteiger partial charge < -0.3 is 10.1 Å². The summed E-state index contributed by atoms with van der Waals surface area (Å²) >= 11 is 5.93. The first-order valence-electron chi connectivity index (χ1n) is 10.7. The summed E-state index contributed by atoms with van der Waals surface area (Å²) in [4.78, 5) is 13.0. The number of rotatable bonds is 8. The van der Waals surface area contributed by atoms with Crippen LogP contribution in [0.3, 0.4) is 0 Å². The number of nitrogens with zero attached hydrogens (tertiary/aromatic N) is 1. The molecule has 4 rings (SSSR count). The topological polar surface area (TPSA) is 75.7 Å². The van der Waals surface area contributed by atoms with Gasteiger partial charge in [-0.25, -0.2) is 8.42 Å². The van der Waals surface area contributed by atoms with E-state index in [4.69, 9.17) is 16.3 Å². The number of hydrogen-bond acceptors (Lipinski definition) is 4. The Kier molecular flexibility index (Phi) is 6.44. The third-order valence-corrected chi connectivity index (χ3v) is 8.25. The first-order chi connectivity index (χ1) is 14.9. The lowest BCUT2D eigenvalue weighted by Gasteiger charge is -2.27. The second-order valence-electron chi connectivity index (χ2n) is 8.24. The van der Waals surface area contributed by atoms with Gasteiger partial charge in [-0.3, -0.25) is 9.10 Å². The van der Waals surface area contributed by atoms with Crippen LogP contribution in [-0.2, 0) is 14.8 Å². The van der Waals surface area contributed by atoms with E-state index in [-0.39, 0.29) is 23.4 Å². The van der Waals surface area contributed by atoms with Crippen LogP contribution in [0, 0.1) is 11.8 Å². The molecule has 2 aliphatic carbocycles. The van der Waals surface area contributed by atoms with E-state index < -0.39 is 10.0 Å². The molecule has 0 radical (unpaired) electrons. The van der Waals surface area contributed by atoms with Gasteiger partial charge in [0.25, 0.3) is 10.0 Å². The number of ether oxygens (including phenoxy) is 1. The van der Waals surface area contributed by atoms with E-state index in [1.54, 1.807) is 24.3 Å². The average molecular weight is 463 g/mol. The molecule has 2 saturated carbocycles. The van der Waals surface area contributed by atoms with Crippen LogP contribution in [-0.4, -0.2) is 33.5 Å². The van der Waals surface area contributed by atoms with Crippen molar-refractivity contribution in [1.29, 1.82) is 0 Å². The molecule has 0 heterocycles. The van der Waals surface area contributed by atoms with E-state index >= 15 is 0 Å². The highest BCUT2D eigenvalue weighted by Crippen LogP contribution is 2.44. The normalized spacial score (nSPS) is 22.3. The van der Waals surface area contributed by atoms with E-state index in [0.29, 0.717) is 34.9 Å². The summed E-state index contributed by atoms with van der Waals surface area (Å²) in [5, 5.41) is 3.53. The number of halogens is 1. The van der Waals surface area contributed by atoms with Crippen LogP contribution in [0.4, 0.5) is 5.69 Å². The van der Waals surface area contributed by atoms with Crippen LogP contribution in [0.5, 0.6) is 5.75 Å². The third kappa shape index (κ3) is 4.83. The molecule has 166 valence electrons. The van der Waals surface area contributed by atoms with Gasteiger partial charge in [0.1, 0.15) is 12.3 Å². The summed E-state index contributed by atoms with van der Waals surface area (Å²) in [6.07, 6.45) is 4.53. The van der Waals surface area contributed by atoms with Crippen molar-refractivity contribution in [3.8, 4) is 5.75 Å². The van der Waals surface area contributed by atoms with Gasteiger partial charge in [0.15, 0.2) is 0 Å². The zero-order chi connectivity index (χ0) is 22.0. The average Bonchev–Trinajstić information content (AvgIpc) is 3.36. The summed E-state index contributed by atoms with van der Waals surface area (Å²) in [6.45, 7) is 2.11. The Balaban J connectivity index is 1.58. The van der Waals surface area contributed by atoms with Gasteiger partial charge >= 0.3 is 0 Å². The summed E-state index contributed by atoms with van der Waals surface area (Å²) < 4.78 is 33.5. The summed E-state index contributed by atoms with van der Waals surface area (Å²) in [5.41, 5.74) is 0.404. The van der Waals surface area contributed by atoms with Crippen LogP contribution >= 0.6 is 11.6 Å². The van der Waals surface area contributed by atoms with Crippen LogP contribution in [0.2, 0.25) is 5.02 Å². The van der Waals surface area contributed by atoms with Crippen molar-refractivity contribution in [3.05, 3.63) is 53.6 Å². The number of carbonyl (C=O) groups excluding carboxylic acids is 1. The minimum absolute atomic E-state index is 0.0820. The first kappa shape index (κ1) is 22.0. The molecule has 2 fully saturated rings. The molecule has 2 aromatic carbocycles. The fourth-order valence-electron chi connectivity index (χ4n) is 4.73. The smallest absolute Gasteiger partial charge is 0.264 e. The molecule has 3 atom stereocenters. The molecular weight excluding hydrogens is 436 g/mol. The number of nitrogens with one attached hydrogen (secondary N) is 1. The van der Waals surface area contributed by atoms with E-state index in [0.717, 1.165) is 23.6 Å². The lowest BCUT2D eigenvalue weighted by atomic mass is 9.95. The van der Waals surface area contributed by atoms with E-state index in [9.17, 15) is 13.2 Å². The zero-order valence-corrected chi connectivity index (χ0v) is 19.0. The highest BCUT2D eigenvalue weighted by Gasteiger charge is 2.40. The number of benzene rings is 2. The molecule has 0 aromatic heterocycles. The molecule has 1 amide bonds. The molecule has 2 bridgehead atoms. The fraction of sp³-hybridized carbons (Fsp3) is 0.435. The van der Waals surface area contributed by atoms with E-state index in [1.807, 2.05) is 6.92 Å². The SMILES string of the molecule is CCOc1ccc(N(CC(=O)N[C@H]2C[C@H]3CC[C@H]2C3)S(=O)(=O)c2ccc(Cl)cc2)cc1. The predicted octanol–water partition coefficient (Wildman–Crippen LogP) is 4.24. The van der Waals surface area contributed by atoms with Crippen LogP contribution in [0.15, 0.2) is 53.4 Å². The second-order valence-corrected chi connectivity index (χ2v) is 10.5. The molecule has 2 aliphatic rings. The quantitative estimate of drug-likeness (QED) is 0.636. The predicted molar refractivity (Wildman–Crippen MR) is 121 cm³/mol. The molecule has 8 heteroatoms. The summed E-state index contributed by atoms with van der Waals surface area (Å²) in [6, 6.07) is 12.8. The minimum Gasteiger partial charge on any atom is -0.494 e. The van der Waals surface area contributed by atoms with E-state index in [2.05, 4.69) is 5.32 Å². The molecule has 0 aliphatic heterocycles. The lowest BCUT2D eigenvalue weighted by molar-refractivity contribution is -0.120. The second kappa shape index (κ2) is 9.09. The number of fused-ring (bicyclic) bond motifs is 2. The van der Waals surface area contributed by atoms with Gasteiger partial charge in [-0.2, -0.15) is 0 Å². The van der Waals surface area contributed by atoms with Crippen molar-refractivity contribution in [3.63, 3.8) is 0 Å². The number of carbonyl (C=O) groups is 1. The molecule has 0 spiro atoms. The van der Waals surface area contributed by atoms with Crippen molar-refractivity contribution in [2.24, 2.45) is 11.8 Å². The molecular formula is C23H27ClN2O4S. The third-order valence-electron chi connectivity index (χ3n) is 6.21. The highest BCUT2D eigenvalue weighted by atomic mass is 35.5. The monoisotopic (exact) mass is 462 g/mol. The highest BCUT2D eigenvalue weighted by molar-refractivity contribution is 7.92. The molecule has 1 N–H and O–H groups in total. The van der Waals surface area contributed by atoms with Crippen molar-refractivity contribution in [1.82, 2.24) is 5.32 Å². The number of amides is 1. The van der Waals surface area contributed by atoms with Gasteiger partial charge in [-0.15, -0.1) is 0 Å². The van der Waals surface area contributed by atoms with Crippen LogP contribution in [0.25, 0.3) is 0 Å². The lowest BCUT2D eigenvalue weighted by Crippen LogP contribution is -2.45. The maximum Gasteiger partial charge on any atom is 0.264 e. The fourth-order valence-corrected chi connectivity index (χ4v) is 6.28. The van der Waals surface area contributed by atoms with Crippen LogP contribution in [0.1, 0.15) is 32.6 Å². The van der Waals surface area contributed by atoms with Crippen LogP contribution < -0.4 is 14.4 Å². The Morgan fingerprint density at radius 2 is 1.81 bits per heavy atom. The Labute approximate surface area is 188 Å². The maximum atomic E-state index is 13.4. The number of anilines is 1. The van der Waals surface area contributed by atoms with Crippen molar-refractivity contribution < 1.29 is 17.9 Å². The standard InChI is InChI=1S/C23H27ClN2O4S/c1-2-30-20-9-7-19(8-10-20)26(31(28,29)21-11-5-18(24)6-12-21)15-23(27)25-22-14-16-3-4-17(22)13-16/h5-12,16-17,22H,2-4,13-15H2,1H3,(H,25,27)/t16-,17-,22-/m0/s1. The first-order valence-corrected chi connectivity index (χ1v) is 12.5.